The lowest BCUT2D eigenvalue weighted by Crippen LogP contribution is -2.43. The second-order valence-electron chi connectivity index (χ2n) is 8.00. The second-order valence-corrected chi connectivity index (χ2v) is 8.00. The van der Waals surface area contributed by atoms with E-state index in [9.17, 15) is 14.4 Å². The van der Waals surface area contributed by atoms with E-state index in [1.54, 1.807) is 40.7 Å². The molecule has 0 bridgehead atoms. The van der Waals surface area contributed by atoms with Crippen molar-refractivity contribution in [3.63, 3.8) is 0 Å². The molecule has 0 spiro atoms. The zero-order valence-corrected chi connectivity index (χ0v) is 18.6. The van der Waals surface area contributed by atoms with Crippen molar-refractivity contribution in [1.82, 2.24) is 20.6 Å². The Morgan fingerprint density at radius 2 is 1.70 bits per heavy atom. The maximum Gasteiger partial charge on any atom is 0.324 e. The van der Waals surface area contributed by atoms with Crippen molar-refractivity contribution in [1.29, 1.82) is 0 Å². The summed E-state index contributed by atoms with van der Waals surface area (Å²) in [5, 5.41) is 11.1. The number of carbonyl (C=O) groups excluding carboxylic acids is 3. The Morgan fingerprint density at radius 3 is 2.36 bits per heavy atom. The fourth-order valence-electron chi connectivity index (χ4n) is 3.75. The van der Waals surface area contributed by atoms with Crippen molar-refractivity contribution in [3.05, 3.63) is 77.4 Å². The number of nitrogens with one attached hydrogen (secondary N) is 2. The quantitative estimate of drug-likeness (QED) is 0.310. The van der Waals surface area contributed by atoms with Gasteiger partial charge in [0, 0.05) is 24.7 Å². The van der Waals surface area contributed by atoms with Crippen LogP contribution in [0.15, 0.2) is 60.7 Å². The number of urea groups is 1. The number of carbonyl (C=O) groups is 3. The lowest BCUT2D eigenvalue weighted by atomic mass is 10.1. The molecule has 8 nitrogen and oxygen atoms in total. The number of rotatable bonds is 9. The highest BCUT2D eigenvalue weighted by Crippen LogP contribution is 2.12. The van der Waals surface area contributed by atoms with Gasteiger partial charge in [0.15, 0.2) is 0 Å². The van der Waals surface area contributed by atoms with E-state index in [0.29, 0.717) is 18.7 Å². The lowest BCUT2D eigenvalue weighted by Gasteiger charge is -2.24. The van der Waals surface area contributed by atoms with Crippen molar-refractivity contribution in [2.45, 2.75) is 25.8 Å². The summed E-state index contributed by atoms with van der Waals surface area (Å²) in [5.41, 5.74) is 3.67. The third kappa shape index (κ3) is 7.85. The van der Waals surface area contributed by atoms with E-state index in [1.165, 1.54) is 18.9 Å². The van der Waals surface area contributed by atoms with Gasteiger partial charge in [0.05, 0.1) is 0 Å². The number of hydrogen-bond acceptors (Lipinski definition) is 5. The Balaban J connectivity index is 1.63. The zero-order valence-electron chi connectivity index (χ0n) is 18.6. The van der Waals surface area contributed by atoms with Gasteiger partial charge in [0.25, 0.3) is 11.8 Å². The van der Waals surface area contributed by atoms with Crippen LogP contribution in [0.5, 0.6) is 0 Å². The second kappa shape index (κ2) is 12.5. The number of amides is 4. The first-order valence-corrected chi connectivity index (χ1v) is 11.1. The van der Waals surface area contributed by atoms with Crippen molar-refractivity contribution in [2.75, 3.05) is 26.2 Å². The summed E-state index contributed by atoms with van der Waals surface area (Å²) in [7, 11) is 0. The molecule has 3 N–H and O–H groups in total. The first-order chi connectivity index (χ1) is 16.0. The zero-order chi connectivity index (χ0) is 23.5. The van der Waals surface area contributed by atoms with Gasteiger partial charge in [-0.05, 0) is 68.2 Å². The molecule has 1 aliphatic heterocycles. The molecule has 0 radical (unpaired) electrons. The summed E-state index contributed by atoms with van der Waals surface area (Å²) < 4.78 is 0. The van der Waals surface area contributed by atoms with Crippen LogP contribution in [0.25, 0.3) is 6.08 Å². The summed E-state index contributed by atoms with van der Waals surface area (Å²) in [4.78, 5) is 40.6. The Kier molecular flexibility index (Phi) is 9.17. The molecule has 1 aliphatic rings. The molecular weight excluding hydrogens is 420 g/mol. The van der Waals surface area contributed by atoms with E-state index in [-0.39, 0.29) is 0 Å². The van der Waals surface area contributed by atoms with Crippen molar-refractivity contribution < 1.29 is 19.6 Å². The molecule has 1 heterocycles. The van der Waals surface area contributed by atoms with Gasteiger partial charge in [0.1, 0.15) is 0 Å². The van der Waals surface area contributed by atoms with Crippen molar-refractivity contribution in [3.8, 4) is 0 Å². The van der Waals surface area contributed by atoms with Crippen LogP contribution in [0.3, 0.4) is 0 Å². The molecule has 0 aromatic heterocycles. The number of benzene rings is 2. The molecule has 3 rings (SSSR count). The third-order valence-electron chi connectivity index (χ3n) is 5.54. The minimum absolute atomic E-state index is 0.356. The van der Waals surface area contributed by atoms with E-state index in [0.717, 1.165) is 37.2 Å². The molecular formula is C25H30N4O4. The topological polar surface area (TPSA) is 102 Å². The van der Waals surface area contributed by atoms with Gasteiger partial charge < -0.3 is 9.80 Å². The van der Waals surface area contributed by atoms with Gasteiger partial charge in [-0.25, -0.2) is 10.3 Å². The predicted octanol–water partition coefficient (Wildman–Crippen LogP) is 3.04. The summed E-state index contributed by atoms with van der Waals surface area (Å²) in [5.74, 6) is -1.03. The number of hydroxylamine groups is 1. The highest BCUT2D eigenvalue weighted by molar-refractivity contribution is 6.04. The average molecular weight is 451 g/mol. The van der Waals surface area contributed by atoms with Gasteiger partial charge in [-0.3, -0.25) is 20.1 Å². The van der Waals surface area contributed by atoms with Gasteiger partial charge in [0.2, 0.25) is 0 Å². The molecule has 0 atom stereocenters. The Hall–Kier alpha value is -3.49. The normalized spacial score (nSPS) is 13.7. The van der Waals surface area contributed by atoms with E-state index in [1.807, 2.05) is 30.3 Å². The molecule has 174 valence electrons. The summed E-state index contributed by atoms with van der Waals surface area (Å²) >= 11 is 0. The number of likely N-dealkylation sites (tertiary alicyclic amines) is 1. The van der Waals surface area contributed by atoms with E-state index in [4.69, 9.17) is 5.21 Å². The van der Waals surface area contributed by atoms with Crippen LogP contribution in [-0.4, -0.2) is 59.0 Å². The van der Waals surface area contributed by atoms with Crippen LogP contribution >= 0.6 is 0 Å². The molecule has 0 saturated carbocycles. The fourth-order valence-corrected chi connectivity index (χ4v) is 3.75. The van der Waals surface area contributed by atoms with Crippen LogP contribution in [0.4, 0.5) is 4.79 Å². The maximum atomic E-state index is 12.9. The largest absolute Gasteiger partial charge is 0.324 e. The Morgan fingerprint density at radius 1 is 1.00 bits per heavy atom. The van der Waals surface area contributed by atoms with E-state index < -0.39 is 17.8 Å². The molecule has 33 heavy (non-hydrogen) atoms. The molecule has 4 amide bonds. The van der Waals surface area contributed by atoms with Gasteiger partial charge >= 0.3 is 6.03 Å². The van der Waals surface area contributed by atoms with Crippen molar-refractivity contribution in [2.24, 2.45) is 0 Å². The molecule has 0 aliphatic carbocycles. The SMILES string of the molecule is O=C(C=Cc1ccc(CN(CCCN2CCCC2)C(=O)NC(=O)c2ccccc2)cc1)NO. The summed E-state index contributed by atoms with van der Waals surface area (Å²) in [6, 6.07) is 15.6. The minimum atomic E-state index is -0.608. The number of hydrogen-bond donors (Lipinski definition) is 3. The summed E-state index contributed by atoms with van der Waals surface area (Å²) in [6.07, 6.45) is 6.06. The van der Waals surface area contributed by atoms with Crippen LogP contribution in [0.1, 0.15) is 40.7 Å². The fraction of sp³-hybridized carbons (Fsp3) is 0.320. The Bertz CT molecular complexity index is 954. The van der Waals surface area contributed by atoms with Gasteiger partial charge in [-0.15, -0.1) is 0 Å². The molecule has 2 aromatic carbocycles. The molecule has 2 aromatic rings. The standard InChI is InChI=1S/C25H30N4O4/c30-23(27-33)14-13-20-9-11-21(12-10-20)19-29(18-6-17-28-15-4-5-16-28)25(32)26-24(31)22-7-2-1-3-8-22/h1-3,7-14,33H,4-6,15-19H2,(H,27,30)(H,26,31,32). The monoisotopic (exact) mass is 450 g/mol. The average Bonchev–Trinajstić information content (AvgIpc) is 3.36. The lowest BCUT2D eigenvalue weighted by molar-refractivity contribution is -0.124. The molecule has 0 unspecified atom stereocenters. The molecule has 8 heteroatoms. The van der Waals surface area contributed by atoms with Crippen molar-refractivity contribution >= 4 is 23.9 Å². The van der Waals surface area contributed by atoms with Gasteiger partial charge in [-0.2, -0.15) is 0 Å². The van der Waals surface area contributed by atoms with Crippen LogP contribution < -0.4 is 10.8 Å². The highest BCUT2D eigenvalue weighted by Gasteiger charge is 2.19. The first kappa shape index (κ1) is 24.2. The number of nitrogens with zero attached hydrogens (tertiary/aromatic N) is 2. The Labute approximate surface area is 193 Å². The smallest absolute Gasteiger partial charge is 0.320 e. The van der Waals surface area contributed by atoms with Crippen LogP contribution in [-0.2, 0) is 11.3 Å². The summed E-state index contributed by atoms with van der Waals surface area (Å²) in [6.45, 7) is 4.01. The van der Waals surface area contributed by atoms with E-state index in [2.05, 4.69) is 10.2 Å². The van der Waals surface area contributed by atoms with Crippen LogP contribution in [0, 0.1) is 0 Å². The van der Waals surface area contributed by atoms with Gasteiger partial charge in [-0.1, -0.05) is 42.5 Å². The van der Waals surface area contributed by atoms with E-state index >= 15 is 0 Å². The highest BCUT2D eigenvalue weighted by atomic mass is 16.5. The third-order valence-corrected chi connectivity index (χ3v) is 5.54. The predicted molar refractivity (Wildman–Crippen MR) is 125 cm³/mol. The first-order valence-electron chi connectivity index (χ1n) is 11.1. The van der Waals surface area contributed by atoms with Crippen LogP contribution in [0.2, 0.25) is 0 Å². The number of imide groups is 1. The molecule has 1 saturated heterocycles. The molecule has 1 fully saturated rings. The minimum Gasteiger partial charge on any atom is -0.320 e. The maximum absolute atomic E-state index is 12.9.